The van der Waals surface area contributed by atoms with Crippen LogP contribution >= 0.6 is 46.4 Å². The smallest absolute Gasteiger partial charge is 0.283 e. The summed E-state index contributed by atoms with van der Waals surface area (Å²) in [5, 5.41) is 6.47. The summed E-state index contributed by atoms with van der Waals surface area (Å²) in [6, 6.07) is 15.9. The summed E-state index contributed by atoms with van der Waals surface area (Å²) in [6.07, 6.45) is 0. The molecule has 1 aliphatic heterocycles. The summed E-state index contributed by atoms with van der Waals surface area (Å²) >= 11 is 24.3. The third-order valence-electron chi connectivity index (χ3n) is 5.02. The number of hydrogen-bond acceptors (Lipinski definition) is 4. The lowest BCUT2D eigenvalue weighted by Crippen LogP contribution is -2.32. The zero-order valence-electron chi connectivity index (χ0n) is 17.5. The van der Waals surface area contributed by atoms with Gasteiger partial charge < -0.3 is 10.6 Å². The summed E-state index contributed by atoms with van der Waals surface area (Å²) < 4.78 is 0. The van der Waals surface area contributed by atoms with Gasteiger partial charge in [-0.1, -0.05) is 58.5 Å². The van der Waals surface area contributed by atoms with E-state index in [-0.39, 0.29) is 16.3 Å². The minimum Gasteiger partial charge on any atom is -0.350 e. The van der Waals surface area contributed by atoms with Crippen LogP contribution in [0.2, 0.25) is 15.1 Å². The number of nitrogens with one attached hydrogen (secondary N) is 2. The van der Waals surface area contributed by atoms with Gasteiger partial charge in [0.1, 0.15) is 10.7 Å². The molecule has 3 aromatic rings. The van der Waals surface area contributed by atoms with E-state index < -0.39 is 17.7 Å². The molecule has 34 heavy (non-hydrogen) atoms. The molecule has 0 fully saturated rings. The Labute approximate surface area is 215 Å². The lowest BCUT2D eigenvalue weighted by molar-refractivity contribution is -0.120. The van der Waals surface area contributed by atoms with Gasteiger partial charge in [-0.05, 0) is 61.0 Å². The molecule has 0 aliphatic carbocycles. The number of amides is 3. The Bertz CT molecular complexity index is 1370. The average molecular weight is 535 g/mol. The molecule has 0 bridgehead atoms. The Morgan fingerprint density at radius 1 is 0.824 bits per heavy atom. The fourth-order valence-electron chi connectivity index (χ4n) is 3.38. The Balaban J connectivity index is 1.56. The van der Waals surface area contributed by atoms with E-state index in [0.717, 1.165) is 4.90 Å². The molecule has 6 nitrogen and oxygen atoms in total. The first-order chi connectivity index (χ1) is 16.2. The molecule has 2 N–H and O–H groups in total. The van der Waals surface area contributed by atoms with Crippen molar-refractivity contribution in [3.63, 3.8) is 0 Å². The van der Waals surface area contributed by atoms with Crippen LogP contribution in [0.15, 0.2) is 71.4 Å². The van der Waals surface area contributed by atoms with Gasteiger partial charge >= 0.3 is 0 Å². The number of halogens is 4. The Morgan fingerprint density at radius 3 is 2.21 bits per heavy atom. The van der Waals surface area contributed by atoms with Gasteiger partial charge in [-0.25, -0.2) is 4.90 Å². The first-order valence-corrected chi connectivity index (χ1v) is 11.3. The number of imide groups is 1. The van der Waals surface area contributed by atoms with Crippen LogP contribution in [0.3, 0.4) is 0 Å². The average Bonchev–Trinajstić information content (AvgIpc) is 2.98. The minimum atomic E-state index is -0.675. The number of carbonyl (C=O) groups is 3. The van der Waals surface area contributed by atoms with Crippen molar-refractivity contribution in [2.24, 2.45) is 0 Å². The molecule has 0 aromatic heterocycles. The number of rotatable bonds is 5. The van der Waals surface area contributed by atoms with Crippen molar-refractivity contribution in [3.05, 3.63) is 97.6 Å². The minimum absolute atomic E-state index is 0.106. The monoisotopic (exact) mass is 533 g/mol. The summed E-state index contributed by atoms with van der Waals surface area (Å²) in [5.74, 6) is -1.73. The third-order valence-corrected chi connectivity index (χ3v) is 6.22. The first-order valence-electron chi connectivity index (χ1n) is 9.84. The van der Waals surface area contributed by atoms with Crippen LogP contribution in [-0.2, 0) is 9.59 Å². The van der Waals surface area contributed by atoms with Crippen molar-refractivity contribution in [3.8, 4) is 0 Å². The van der Waals surface area contributed by atoms with Crippen LogP contribution < -0.4 is 15.5 Å². The van der Waals surface area contributed by atoms with Crippen LogP contribution in [0.25, 0.3) is 0 Å². The number of carbonyl (C=O) groups excluding carboxylic acids is 3. The molecule has 0 saturated carbocycles. The van der Waals surface area contributed by atoms with Crippen LogP contribution in [0, 0.1) is 6.92 Å². The summed E-state index contributed by atoms with van der Waals surface area (Å²) in [6.45, 7) is 1.70. The lowest BCUT2D eigenvalue weighted by atomic mass is 10.1. The normalized spacial score (nSPS) is 13.5. The molecule has 0 atom stereocenters. The molecule has 4 rings (SSSR count). The molecule has 172 valence electrons. The summed E-state index contributed by atoms with van der Waals surface area (Å²) in [7, 11) is 0. The molecule has 1 aliphatic rings. The predicted octanol–water partition coefficient (Wildman–Crippen LogP) is 6.64. The van der Waals surface area contributed by atoms with E-state index in [1.54, 1.807) is 61.5 Å². The highest BCUT2D eigenvalue weighted by Gasteiger charge is 2.39. The fourth-order valence-corrected chi connectivity index (χ4v) is 4.29. The van der Waals surface area contributed by atoms with E-state index in [1.165, 1.54) is 6.07 Å². The standard InChI is InChI=1S/C24H15Cl4N3O3/c1-12-18(27)6-3-7-19(12)31-23(33)20(28)21(24(31)34)29-16-5-2-4-13(8-16)22(32)30-17-10-14(25)9-15(26)11-17/h2-11,29H,1H3,(H,30,32). The van der Waals surface area contributed by atoms with Gasteiger partial charge in [-0.3, -0.25) is 14.4 Å². The zero-order chi connectivity index (χ0) is 24.6. The molecular formula is C24H15Cl4N3O3. The van der Waals surface area contributed by atoms with Gasteiger partial charge in [0.05, 0.1) is 5.69 Å². The maximum Gasteiger partial charge on any atom is 0.283 e. The van der Waals surface area contributed by atoms with E-state index in [0.29, 0.717) is 37.7 Å². The van der Waals surface area contributed by atoms with Crippen molar-refractivity contribution in [2.75, 3.05) is 15.5 Å². The topological polar surface area (TPSA) is 78.5 Å². The quantitative estimate of drug-likeness (QED) is 0.359. The molecule has 0 unspecified atom stereocenters. The Kier molecular flexibility index (Phi) is 6.86. The van der Waals surface area contributed by atoms with E-state index in [2.05, 4.69) is 10.6 Å². The van der Waals surface area contributed by atoms with Gasteiger partial charge in [-0.2, -0.15) is 0 Å². The summed E-state index contributed by atoms with van der Waals surface area (Å²) in [5.41, 5.74) is 1.90. The van der Waals surface area contributed by atoms with Crippen LogP contribution in [0.4, 0.5) is 17.1 Å². The molecule has 0 radical (unpaired) electrons. The van der Waals surface area contributed by atoms with Crippen LogP contribution in [0.5, 0.6) is 0 Å². The van der Waals surface area contributed by atoms with Crippen molar-refractivity contribution < 1.29 is 14.4 Å². The van der Waals surface area contributed by atoms with Gasteiger partial charge in [0, 0.05) is 32.0 Å². The largest absolute Gasteiger partial charge is 0.350 e. The van der Waals surface area contributed by atoms with Gasteiger partial charge in [-0.15, -0.1) is 0 Å². The highest BCUT2D eigenvalue weighted by Crippen LogP contribution is 2.34. The molecule has 0 saturated heterocycles. The first kappa shape index (κ1) is 24.1. The zero-order valence-corrected chi connectivity index (χ0v) is 20.5. The van der Waals surface area contributed by atoms with E-state index in [9.17, 15) is 14.4 Å². The lowest BCUT2D eigenvalue weighted by Gasteiger charge is -2.18. The second-order valence-corrected chi connectivity index (χ2v) is 8.99. The molecule has 1 heterocycles. The highest BCUT2D eigenvalue weighted by molar-refractivity contribution is 6.53. The summed E-state index contributed by atoms with van der Waals surface area (Å²) in [4.78, 5) is 39.5. The second-order valence-electron chi connectivity index (χ2n) is 7.34. The maximum atomic E-state index is 13.1. The number of benzene rings is 3. The van der Waals surface area contributed by atoms with Crippen molar-refractivity contribution in [2.45, 2.75) is 6.92 Å². The molecule has 0 spiro atoms. The highest BCUT2D eigenvalue weighted by atomic mass is 35.5. The van der Waals surface area contributed by atoms with E-state index in [1.807, 2.05) is 0 Å². The van der Waals surface area contributed by atoms with Crippen LogP contribution in [-0.4, -0.2) is 17.7 Å². The molecule has 3 aromatic carbocycles. The van der Waals surface area contributed by atoms with Crippen LogP contribution in [0.1, 0.15) is 15.9 Å². The molecule has 10 heteroatoms. The van der Waals surface area contributed by atoms with E-state index >= 15 is 0 Å². The molecule has 3 amide bonds. The number of nitrogens with zero attached hydrogens (tertiary/aromatic N) is 1. The van der Waals surface area contributed by atoms with Gasteiger partial charge in [0.25, 0.3) is 17.7 Å². The predicted molar refractivity (Wildman–Crippen MR) is 136 cm³/mol. The van der Waals surface area contributed by atoms with E-state index in [4.69, 9.17) is 46.4 Å². The van der Waals surface area contributed by atoms with Crippen molar-refractivity contribution in [1.29, 1.82) is 0 Å². The van der Waals surface area contributed by atoms with Crippen molar-refractivity contribution >= 4 is 81.2 Å². The SMILES string of the molecule is Cc1c(Cl)cccc1N1C(=O)C(Cl)=C(Nc2cccc(C(=O)Nc3cc(Cl)cc(Cl)c3)c2)C1=O. The Hall–Kier alpha value is -3.03. The van der Waals surface area contributed by atoms with Crippen molar-refractivity contribution in [1.82, 2.24) is 0 Å². The maximum absolute atomic E-state index is 13.1. The third kappa shape index (κ3) is 4.76. The Morgan fingerprint density at radius 2 is 1.50 bits per heavy atom. The number of anilines is 3. The fraction of sp³-hybridized carbons (Fsp3) is 0.0417. The molecular weight excluding hydrogens is 520 g/mol. The second kappa shape index (κ2) is 9.68. The van der Waals surface area contributed by atoms with Gasteiger partial charge in [0.2, 0.25) is 0 Å². The number of hydrogen-bond donors (Lipinski definition) is 2. The van der Waals surface area contributed by atoms with Gasteiger partial charge in [0.15, 0.2) is 0 Å².